The Morgan fingerprint density at radius 3 is 1.57 bits per heavy atom. The SMILES string of the molecule is O=C(O)CC(=O)N(c1ccc(F)cc1)c1ccc(F)cc1. The highest BCUT2D eigenvalue weighted by atomic mass is 19.1. The fraction of sp³-hybridized carbons (Fsp3) is 0.0667. The number of carboxylic acid groups (broad SMARTS) is 1. The second-order valence-electron chi connectivity index (χ2n) is 4.25. The summed E-state index contributed by atoms with van der Waals surface area (Å²) in [5.41, 5.74) is 0.600. The topological polar surface area (TPSA) is 57.6 Å². The molecule has 0 aromatic heterocycles. The van der Waals surface area contributed by atoms with E-state index in [1.807, 2.05) is 0 Å². The maximum absolute atomic E-state index is 13.0. The van der Waals surface area contributed by atoms with Gasteiger partial charge in [-0.2, -0.15) is 0 Å². The van der Waals surface area contributed by atoms with Crippen LogP contribution in [0.25, 0.3) is 0 Å². The molecule has 0 radical (unpaired) electrons. The minimum atomic E-state index is -1.28. The molecule has 1 N–H and O–H groups in total. The van der Waals surface area contributed by atoms with Gasteiger partial charge in [0.05, 0.1) is 0 Å². The molecule has 0 saturated carbocycles. The van der Waals surface area contributed by atoms with Crippen molar-refractivity contribution in [3.63, 3.8) is 0 Å². The van der Waals surface area contributed by atoms with Gasteiger partial charge in [0.2, 0.25) is 5.91 Å². The highest BCUT2D eigenvalue weighted by Crippen LogP contribution is 2.26. The van der Waals surface area contributed by atoms with Gasteiger partial charge < -0.3 is 5.11 Å². The molecule has 0 aliphatic heterocycles. The summed E-state index contributed by atoms with van der Waals surface area (Å²) in [5, 5.41) is 8.75. The number of carbonyl (C=O) groups is 2. The van der Waals surface area contributed by atoms with Crippen molar-refractivity contribution in [3.05, 3.63) is 60.2 Å². The van der Waals surface area contributed by atoms with Gasteiger partial charge in [0.25, 0.3) is 0 Å². The van der Waals surface area contributed by atoms with E-state index in [2.05, 4.69) is 0 Å². The fourth-order valence-electron chi connectivity index (χ4n) is 1.83. The first-order valence-electron chi connectivity index (χ1n) is 6.03. The summed E-state index contributed by atoms with van der Waals surface area (Å²) in [4.78, 5) is 23.9. The molecule has 0 atom stereocenters. The maximum atomic E-state index is 13.0. The minimum Gasteiger partial charge on any atom is -0.481 e. The first kappa shape index (κ1) is 14.6. The third kappa shape index (κ3) is 3.62. The molecule has 0 bridgehead atoms. The summed E-state index contributed by atoms with van der Waals surface area (Å²) in [5.74, 6) is -2.96. The third-order valence-corrected chi connectivity index (χ3v) is 2.72. The van der Waals surface area contributed by atoms with Crippen molar-refractivity contribution in [2.24, 2.45) is 0 Å². The lowest BCUT2D eigenvalue weighted by Gasteiger charge is -2.22. The quantitative estimate of drug-likeness (QED) is 0.881. The van der Waals surface area contributed by atoms with E-state index >= 15 is 0 Å². The molecule has 2 aromatic rings. The van der Waals surface area contributed by atoms with Crippen LogP contribution in [0.3, 0.4) is 0 Å². The highest BCUT2D eigenvalue weighted by Gasteiger charge is 2.20. The Balaban J connectivity index is 2.43. The molecule has 0 saturated heterocycles. The van der Waals surface area contributed by atoms with Crippen LogP contribution in [0.2, 0.25) is 0 Å². The molecule has 0 unspecified atom stereocenters. The molecular formula is C15H11F2NO3. The average Bonchev–Trinajstić information content (AvgIpc) is 2.42. The molecule has 1 amide bonds. The molecule has 2 rings (SSSR count). The lowest BCUT2D eigenvalue weighted by molar-refractivity contribution is -0.139. The zero-order chi connectivity index (χ0) is 15.4. The second kappa shape index (κ2) is 6.13. The average molecular weight is 291 g/mol. The Morgan fingerprint density at radius 2 is 1.24 bits per heavy atom. The minimum absolute atomic E-state index is 0.300. The Labute approximate surface area is 119 Å². The van der Waals surface area contributed by atoms with Gasteiger partial charge in [0.1, 0.15) is 18.1 Å². The van der Waals surface area contributed by atoms with Crippen LogP contribution in [0, 0.1) is 11.6 Å². The molecule has 6 heteroatoms. The molecule has 4 nitrogen and oxygen atoms in total. The number of carboxylic acids is 1. The van der Waals surface area contributed by atoms with Gasteiger partial charge in [-0.25, -0.2) is 8.78 Å². The van der Waals surface area contributed by atoms with Crippen LogP contribution in [0.15, 0.2) is 48.5 Å². The van der Waals surface area contributed by atoms with Crippen LogP contribution in [0.1, 0.15) is 6.42 Å². The van der Waals surface area contributed by atoms with E-state index in [1.54, 1.807) is 0 Å². The summed E-state index contributed by atoms with van der Waals surface area (Å²) in [6.45, 7) is 0. The predicted octanol–water partition coefficient (Wildman–Crippen LogP) is 3.10. The number of carbonyl (C=O) groups excluding carboxylic acids is 1. The van der Waals surface area contributed by atoms with Crippen LogP contribution in [0.4, 0.5) is 20.2 Å². The van der Waals surface area contributed by atoms with Crippen LogP contribution in [-0.4, -0.2) is 17.0 Å². The monoisotopic (exact) mass is 291 g/mol. The first-order valence-corrected chi connectivity index (χ1v) is 6.03. The normalized spacial score (nSPS) is 10.2. The van der Waals surface area contributed by atoms with Gasteiger partial charge >= 0.3 is 5.97 Å². The van der Waals surface area contributed by atoms with Crippen molar-refractivity contribution in [2.75, 3.05) is 4.90 Å². The number of benzene rings is 2. The summed E-state index contributed by atoms with van der Waals surface area (Å²) >= 11 is 0. The summed E-state index contributed by atoms with van der Waals surface area (Å²) < 4.78 is 25.9. The molecule has 0 heterocycles. The van der Waals surface area contributed by atoms with Crippen LogP contribution < -0.4 is 4.90 Å². The van der Waals surface area contributed by atoms with Gasteiger partial charge in [-0.3, -0.25) is 14.5 Å². The number of rotatable bonds is 4. The van der Waals surface area contributed by atoms with Gasteiger partial charge in [0.15, 0.2) is 0 Å². The molecule has 0 aliphatic rings. The Kier molecular flexibility index (Phi) is 4.27. The largest absolute Gasteiger partial charge is 0.481 e. The van der Waals surface area contributed by atoms with E-state index in [9.17, 15) is 18.4 Å². The molecule has 2 aromatic carbocycles. The van der Waals surface area contributed by atoms with Crippen molar-refractivity contribution in [2.45, 2.75) is 6.42 Å². The van der Waals surface area contributed by atoms with E-state index in [-0.39, 0.29) is 0 Å². The molecule has 0 aliphatic carbocycles. The van der Waals surface area contributed by atoms with Gasteiger partial charge in [-0.1, -0.05) is 0 Å². The van der Waals surface area contributed by atoms with Gasteiger partial charge in [-0.15, -0.1) is 0 Å². The lowest BCUT2D eigenvalue weighted by atomic mass is 10.2. The van der Waals surface area contributed by atoms with Crippen LogP contribution >= 0.6 is 0 Å². The summed E-state index contributed by atoms with van der Waals surface area (Å²) in [6.07, 6.45) is -0.727. The lowest BCUT2D eigenvalue weighted by Crippen LogP contribution is -2.27. The van der Waals surface area contributed by atoms with Crippen molar-refractivity contribution in [1.29, 1.82) is 0 Å². The zero-order valence-corrected chi connectivity index (χ0v) is 10.8. The fourth-order valence-corrected chi connectivity index (χ4v) is 1.83. The Morgan fingerprint density at radius 1 is 0.857 bits per heavy atom. The Bertz CT molecular complexity index is 608. The molecular weight excluding hydrogens is 280 g/mol. The highest BCUT2D eigenvalue weighted by molar-refractivity contribution is 6.07. The van der Waals surface area contributed by atoms with E-state index in [1.165, 1.54) is 24.3 Å². The predicted molar refractivity (Wildman–Crippen MR) is 72.2 cm³/mol. The number of anilines is 2. The summed E-state index contributed by atoms with van der Waals surface area (Å²) in [6, 6.07) is 9.99. The number of aliphatic carboxylic acids is 1. The van der Waals surface area contributed by atoms with Crippen LogP contribution in [0.5, 0.6) is 0 Å². The molecule has 0 fully saturated rings. The molecule has 0 spiro atoms. The molecule has 21 heavy (non-hydrogen) atoms. The van der Waals surface area contributed by atoms with Crippen molar-refractivity contribution >= 4 is 23.3 Å². The third-order valence-electron chi connectivity index (χ3n) is 2.72. The first-order chi connectivity index (χ1) is 9.97. The number of hydrogen-bond donors (Lipinski definition) is 1. The van der Waals surface area contributed by atoms with E-state index in [0.29, 0.717) is 11.4 Å². The van der Waals surface area contributed by atoms with Crippen molar-refractivity contribution in [3.8, 4) is 0 Å². The number of amides is 1. The van der Waals surface area contributed by atoms with Gasteiger partial charge in [0, 0.05) is 11.4 Å². The standard InChI is InChI=1S/C15H11F2NO3/c16-10-1-5-12(6-2-10)18(14(19)9-15(20)21)13-7-3-11(17)4-8-13/h1-8H,9H2,(H,20,21). The van der Waals surface area contributed by atoms with Crippen molar-refractivity contribution in [1.82, 2.24) is 0 Å². The van der Waals surface area contributed by atoms with Crippen LogP contribution in [-0.2, 0) is 9.59 Å². The number of nitrogens with zero attached hydrogens (tertiary/aromatic N) is 1. The van der Waals surface area contributed by atoms with E-state index in [0.717, 1.165) is 29.2 Å². The van der Waals surface area contributed by atoms with E-state index in [4.69, 9.17) is 5.11 Å². The molecule has 108 valence electrons. The number of hydrogen-bond acceptors (Lipinski definition) is 2. The van der Waals surface area contributed by atoms with Gasteiger partial charge in [-0.05, 0) is 48.5 Å². The van der Waals surface area contributed by atoms with E-state index < -0.39 is 29.9 Å². The Hall–Kier alpha value is -2.76. The second-order valence-corrected chi connectivity index (χ2v) is 4.25. The number of halogens is 2. The maximum Gasteiger partial charge on any atom is 0.312 e. The smallest absolute Gasteiger partial charge is 0.312 e. The zero-order valence-electron chi connectivity index (χ0n) is 10.8. The van der Waals surface area contributed by atoms with Crippen molar-refractivity contribution < 1.29 is 23.5 Å². The summed E-state index contributed by atoms with van der Waals surface area (Å²) in [7, 11) is 0.